The molecule has 1 aromatic carbocycles. The number of nitrogens with one attached hydrogen (secondary N) is 2. The zero-order valence-corrected chi connectivity index (χ0v) is 22.6. The van der Waals surface area contributed by atoms with E-state index in [2.05, 4.69) is 30.1 Å². The molecule has 0 saturated heterocycles. The third-order valence-corrected chi connectivity index (χ3v) is 7.72. The summed E-state index contributed by atoms with van der Waals surface area (Å²) in [5, 5.41) is 8.01. The van der Waals surface area contributed by atoms with Crippen LogP contribution in [0.1, 0.15) is 16.2 Å². The molecule has 17 heteroatoms. The van der Waals surface area contributed by atoms with Crippen LogP contribution < -0.4 is 19.5 Å². The SMILES string of the molecule is COc1cc(NS(=O)(=O)c2ccc(NC(=O)c3cc4nc(-c5cccs5)cc(C(F)(F)F)n4n3)cc2)nc(OC)n1. The van der Waals surface area contributed by atoms with Gasteiger partial charge >= 0.3 is 12.2 Å². The van der Waals surface area contributed by atoms with Crippen molar-refractivity contribution < 1.29 is 35.9 Å². The summed E-state index contributed by atoms with van der Waals surface area (Å²) in [6, 6.07) is 11.5. The molecule has 4 aromatic heterocycles. The van der Waals surface area contributed by atoms with Crippen LogP contribution in [0.15, 0.2) is 64.9 Å². The molecular weight excluding hydrogens is 587 g/mol. The number of halogens is 3. The largest absolute Gasteiger partial charge is 0.481 e. The van der Waals surface area contributed by atoms with E-state index in [-0.39, 0.29) is 45.3 Å². The van der Waals surface area contributed by atoms with Gasteiger partial charge in [-0.15, -0.1) is 11.3 Å². The minimum absolute atomic E-state index is 0.0693. The van der Waals surface area contributed by atoms with Gasteiger partial charge in [-0.3, -0.25) is 9.52 Å². The number of benzene rings is 1. The lowest BCUT2D eigenvalue weighted by Gasteiger charge is -2.10. The minimum Gasteiger partial charge on any atom is -0.481 e. The number of ether oxygens (including phenoxy) is 2. The van der Waals surface area contributed by atoms with Gasteiger partial charge in [0.05, 0.1) is 29.7 Å². The van der Waals surface area contributed by atoms with Crippen molar-refractivity contribution >= 4 is 44.4 Å². The number of carbonyl (C=O) groups is 1. The second-order valence-electron chi connectivity index (χ2n) is 8.17. The summed E-state index contributed by atoms with van der Waals surface area (Å²) in [5.41, 5.74) is -1.32. The number of carbonyl (C=O) groups excluding carboxylic acids is 1. The first-order valence-corrected chi connectivity index (χ1v) is 13.8. The summed E-state index contributed by atoms with van der Waals surface area (Å²) >= 11 is 1.22. The van der Waals surface area contributed by atoms with E-state index in [4.69, 9.17) is 9.47 Å². The van der Waals surface area contributed by atoms with Crippen molar-refractivity contribution in [2.24, 2.45) is 0 Å². The number of hydrogen-bond acceptors (Lipinski definition) is 10. The van der Waals surface area contributed by atoms with Gasteiger partial charge in [-0.25, -0.2) is 17.9 Å². The van der Waals surface area contributed by atoms with Crippen molar-refractivity contribution in [3.63, 3.8) is 0 Å². The Morgan fingerprint density at radius 2 is 1.76 bits per heavy atom. The van der Waals surface area contributed by atoms with E-state index in [1.165, 1.54) is 55.9 Å². The summed E-state index contributed by atoms with van der Waals surface area (Å²) in [7, 11) is -1.47. The third kappa shape index (κ3) is 5.90. The number of aromatic nitrogens is 5. The van der Waals surface area contributed by atoms with Crippen LogP contribution in [0, 0.1) is 0 Å². The minimum atomic E-state index is -4.76. The number of methoxy groups -OCH3 is 2. The van der Waals surface area contributed by atoms with Gasteiger partial charge in [0.15, 0.2) is 22.9 Å². The van der Waals surface area contributed by atoms with Crippen LogP contribution in [-0.4, -0.2) is 53.1 Å². The molecule has 212 valence electrons. The molecule has 5 rings (SSSR count). The first kappa shape index (κ1) is 27.8. The highest BCUT2D eigenvalue weighted by Crippen LogP contribution is 2.33. The van der Waals surface area contributed by atoms with Gasteiger partial charge in [0.1, 0.15) is 0 Å². The second kappa shape index (κ2) is 10.7. The fourth-order valence-corrected chi connectivity index (χ4v) is 5.28. The Morgan fingerprint density at radius 1 is 1.00 bits per heavy atom. The first-order chi connectivity index (χ1) is 19.5. The molecule has 4 heterocycles. The molecule has 0 radical (unpaired) electrons. The molecule has 5 aromatic rings. The number of thiophene rings is 1. The lowest BCUT2D eigenvalue weighted by molar-refractivity contribution is -0.142. The summed E-state index contributed by atoms with van der Waals surface area (Å²) in [6.07, 6.45) is -4.76. The highest BCUT2D eigenvalue weighted by atomic mass is 32.2. The smallest absolute Gasteiger partial charge is 0.433 e. The molecule has 2 N–H and O–H groups in total. The van der Waals surface area contributed by atoms with Crippen LogP contribution in [0.2, 0.25) is 0 Å². The molecule has 0 aliphatic rings. The lowest BCUT2D eigenvalue weighted by Crippen LogP contribution is -2.16. The average molecular weight is 606 g/mol. The Labute approximate surface area is 233 Å². The maximum atomic E-state index is 13.8. The van der Waals surface area contributed by atoms with Gasteiger partial charge in [0.25, 0.3) is 15.9 Å². The Kier molecular flexibility index (Phi) is 7.22. The van der Waals surface area contributed by atoms with E-state index in [0.717, 1.165) is 12.1 Å². The van der Waals surface area contributed by atoms with Gasteiger partial charge in [-0.05, 0) is 41.8 Å². The van der Waals surface area contributed by atoms with Crippen LogP contribution >= 0.6 is 11.3 Å². The topological polar surface area (TPSA) is 150 Å². The Balaban J connectivity index is 1.37. The fraction of sp³-hybridized carbons (Fsp3) is 0.125. The number of amides is 1. The first-order valence-electron chi connectivity index (χ1n) is 11.4. The zero-order valence-electron chi connectivity index (χ0n) is 21.0. The standard InChI is InChI=1S/C24H18F3N7O5S2/c1-38-21-12-19(30-23(31-21)39-2)33-41(36,37)14-7-5-13(6-8-14)28-22(35)16-11-20-29-15(17-4-3-9-40-17)10-18(24(25,26)27)34(20)32-16/h3-12H,1-2H3,(H,28,35)(H,30,31,33). The Morgan fingerprint density at radius 3 is 2.39 bits per heavy atom. The van der Waals surface area contributed by atoms with Crippen molar-refractivity contribution in [1.29, 1.82) is 0 Å². The predicted molar refractivity (Wildman–Crippen MR) is 142 cm³/mol. The number of anilines is 2. The van der Waals surface area contributed by atoms with Crippen LogP contribution in [0.3, 0.4) is 0 Å². The molecule has 1 amide bonds. The summed E-state index contributed by atoms with van der Waals surface area (Å²) in [6.45, 7) is 0. The molecule has 0 bridgehead atoms. The van der Waals surface area contributed by atoms with E-state index in [1.54, 1.807) is 17.5 Å². The van der Waals surface area contributed by atoms with Gasteiger partial charge < -0.3 is 14.8 Å². The normalized spacial score (nSPS) is 11.8. The van der Waals surface area contributed by atoms with Gasteiger partial charge in [-0.2, -0.15) is 28.2 Å². The lowest BCUT2D eigenvalue weighted by atomic mass is 10.2. The van der Waals surface area contributed by atoms with E-state index < -0.39 is 27.8 Å². The van der Waals surface area contributed by atoms with Crippen LogP contribution in [0.5, 0.6) is 11.9 Å². The Bertz CT molecular complexity index is 1820. The van der Waals surface area contributed by atoms with Crippen molar-refractivity contribution in [2.45, 2.75) is 11.1 Å². The molecule has 12 nitrogen and oxygen atoms in total. The molecule has 0 fully saturated rings. The van der Waals surface area contributed by atoms with Crippen LogP contribution in [0.4, 0.5) is 24.7 Å². The van der Waals surface area contributed by atoms with E-state index in [0.29, 0.717) is 9.39 Å². The molecule has 0 aliphatic heterocycles. The van der Waals surface area contributed by atoms with E-state index in [1.807, 2.05) is 0 Å². The molecule has 41 heavy (non-hydrogen) atoms. The quantitative estimate of drug-likeness (QED) is 0.263. The van der Waals surface area contributed by atoms with Crippen molar-refractivity contribution in [1.82, 2.24) is 24.6 Å². The molecule has 0 aliphatic carbocycles. The maximum Gasteiger partial charge on any atom is 0.433 e. The summed E-state index contributed by atoms with van der Waals surface area (Å²) in [4.78, 5) is 25.2. The average Bonchev–Trinajstić information content (AvgIpc) is 3.62. The van der Waals surface area contributed by atoms with E-state index in [9.17, 15) is 26.4 Å². The van der Waals surface area contributed by atoms with E-state index >= 15 is 0 Å². The maximum absolute atomic E-state index is 13.8. The number of fused-ring (bicyclic) bond motifs is 1. The Hall–Kier alpha value is -4.77. The van der Waals surface area contributed by atoms with Crippen molar-refractivity contribution in [3.05, 3.63) is 71.4 Å². The van der Waals surface area contributed by atoms with Crippen molar-refractivity contribution in [2.75, 3.05) is 24.3 Å². The number of sulfonamides is 1. The monoisotopic (exact) mass is 605 g/mol. The van der Waals surface area contributed by atoms with Gasteiger partial charge in [-0.1, -0.05) is 6.07 Å². The number of nitrogens with zero attached hydrogens (tertiary/aromatic N) is 5. The van der Waals surface area contributed by atoms with Gasteiger partial charge in [0.2, 0.25) is 5.88 Å². The number of alkyl halides is 3. The molecule has 0 unspecified atom stereocenters. The predicted octanol–water partition coefficient (Wildman–Crippen LogP) is 4.34. The third-order valence-electron chi connectivity index (χ3n) is 5.46. The highest BCUT2D eigenvalue weighted by Gasteiger charge is 2.36. The van der Waals surface area contributed by atoms with Crippen LogP contribution in [-0.2, 0) is 16.2 Å². The molecule has 0 saturated carbocycles. The number of rotatable bonds is 8. The highest BCUT2D eigenvalue weighted by molar-refractivity contribution is 7.92. The van der Waals surface area contributed by atoms with Crippen LogP contribution in [0.25, 0.3) is 16.2 Å². The summed E-state index contributed by atoms with van der Waals surface area (Å²) in [5.74, 6) is -0.859. The second-order valence-corrected chi connectivity index (χ2v) is 10.8. The molecule has 0 spiro atoms. The number of hydrogen-bond donors (Lipinski definition) is 2. The molecular formula is C24H18F3N7O5S2. The fourth-order valence-electron chi connectivity index (χ4n) is 3.60. The summed E-state index contributed by atoms with van der Waals surface area (Å²) < 4.78 is 79.8. The molecule has 0 atom stereocenters. The van der Waals surface area contributed by atoms with Gasteiger partial charge in [0, 0.05) is 17.8 Å². The zero-order chi connectivity index (χ0) is 29.4. The van der Waals surface area contributed by atoms with Crippen molar-refractivity contribution in [3.8, 4) is 22.5 Å².